The molecule has 0 radical (unpaired) electrons. The van der Waals surface area contributed by atoms with Gasteiger partial charge in [-0.2, -0.15) is 5.10 Å². The highest BCUT2D eigenvalue weighted by molar-refractivity contribution is 9.10. The lowest BCUT2D eigenvalue weighted by atomic mass is 9.99. The molecule has 1 aromatic heterocycles. The van der Waals surface area contributed by atoms with Gasteiger partial charge in [0.25, 0.3) is 0 Å². The predicted octanol–water partition coefficient (Wildman–Crippen LogP) is 3.18. The molecule has 3 N–H and O–H groups in total. The second-order valence-electron chi connectivity index (χ2n) is 4.25. The maximum atomic E-state index is 6.19. The number of nitrogens with two attached hydrogens (primary N) is 1. The van der Waals surface area contributed by atoms with Crippen molar-refractivity contribution in [3.05, 3.63) is 50.7 Å². The Hall–Kier alpha value is -0.880. The van der Waals surface area contributed by atoms with E-state index in [1.54, 1.807) is 6.20 Å². The van der Waals surface area contributed by atoms with E-state index in [0.717, 1.165) is 32.9 Å². The van der Waals surface area contributed by atoms with Crippen molar-refractivity contribution in [3.63, 3.8) is 0 Å². The number of nitrogens with one attached hydrogen (secondary N) is 1. The lowest BCUT2D eigenvalue weighted by Gasteiger charge is -2.21. The van der Waals surface area contributed by atoms with Crippen LogP contribution in [0.3, 0.4) is 0 Å². The highest BCUT2D eigenvalue weighted by Gasteiger charge is 2.22. The Morgan fingerprint density at radius 2 is 2.26 bits per heavy atom. The number of nitrogens with zero attached hydrogens (tertiary/aromatic N) is 2. The summed E-state index contributed by atoms with van der Waals surface area (Å²) in [5.74, 6) is 5.75. The second-order valence-corrected chi connectivity index (χ2v) is 5.51. The van der Waals surface area contributed by atoms with Crippen LogP contribution < -0.4 is 11.3 Å². The summed E-state index contributed by atoms with van der Waals surface area (Å²) in [5.41, 5.74) is 5.91. The molecule has 19 heavy (non-hydrogen) atoms. The first kappa shape index (κ1) is 14.5. The largest absolute Gasteiger partial charge is 0.271 e. The zero-order chi connectivity index (χ0) is 14.0. The van der Waals surface area contributed by atoms with Gasteiger partial charge in [0.1, 0.15) is 0 Å². The van der Waals surface area contributed by atoms with Crippen molar-refractivity contribution in [2.45, 2.75) is 26.4 Å². The number of benzene rings is 1. The van der Waals surface area contributed by atoms with Crippen molar-refractivity contribution in [1.29, 1.82) is 0 Å². The Balaban J connectivity index is 2.56. The molecular weight excluding hydrogens is 328 g/mol. The van der Waals surface area contributed by atoms with Crippen LogP contribution in [0.1, 0.15) is 29.8 Å². The molecule has 0 amide bonds. The molecule has 0 aliphatic heterocycles. The second kappa shape index (κ2) is 6.05. The van der Waals surface area contributed by atoms with E-state index in [4.69, 9.17) is 17.4 Å². The molecule has 102 valence electrons. The third-order valence-electron chi connectivity index (χ3n) is 3.19. The standard InChI is InChI=1S/C13H16BrClN4/c1-3-19-13(10(14)7-17-19)12(18-16)9-5-4-6-11(15)8(9)2/h4-7,12,18H,3,16H2,1-2H3. The van der Waals surface area contributed by atoms with Crippen molar-refractivity contribution in [1.82, 2.24) is 15.2 Å². The summed E-state index contributed by atoms with van der Waals surface area (Å²) < 4.78 is 2.84. The fraction of sp³-hybridized carbons (Fsp3) is 0.308. The van der Waals surface area contributed by atoms with Crippen molar-refractivity contribution >= 4 is 27.5 Å². The number of hydrogen-bond donors (Lipinski definition) is 2. The number of hydrazine groups is 1. The average Bonchev–Trinajstić information content (AvgIpc) is 2.77. The molecule has 0 bridgehead atoms. The fourth-order valence-corrected chi connectivity index (χ4v) is 2.87. The van der Waals surface area contributed by atoms with Crippen LogP contribution in [0.15, 0.2) is 28.9 Å². The van der Waals surface area contributed by atoms with Gasteiger partial charge in [0.2, 0.25) is 0 Å². The van der Waals surface area contributed by atoms with Gasteiger partial charge >= 0.3 is 0 Å². The molecule has 0 saturated carbocycles. The van der Waals surface area contributed by atoms with E-state index in [2.05, 4.69) is 26.5 Å². The molecule has 4 nitrogen and oxygen atoms in total. The summed E-state index contributed by atoms with van der Waals surface area (Å²) in [7, 11) is 0. The maximum Gasteiger partial charge on any atom is 0.0892 e. The average molecular weight is 344 g/mol. The number of aromatic nitrogens is 2. The van der Waals surface area contributed by atoms with Crippen LogP contribution in [0, 0.1) is 6.92 Å². The first-order chi connectivity index (χ1) is 9.10. The smallest absolute Gasteiger partial charge is 0.0892 e. The molecule has 0 fully saturated rings. The molecule has 2 rings (SSSR count). The van der Waals surface area contributed by atoms with E-state index < -0.39 is 0 Å². The first-order valence-electron chi connectivity index (χ1n) is 6.02. The van der Waals surface area contributed by atoms with E-state index in [0.29, 0.717) is 0 Å². The summed E-state index contributed by atoms with van der Waals surface area (Å²) in [6, 6.07) is 5.66. The summed E-state index contributed by atoms with van der Waals surface area (Å²) in [6.07, 6.45) is 1.78. The Bertz CT molecular complexity index is 582. The number of rotatable bonds is 4. The number of aryl methyl sites for hydroxylation is 1. The minimum absolute atomic E-state index is 0.157. The Morgan fingerprint density at radius 1 is 1.53 bits per heavy atom. The van der Waals surface area contributed by atoms with Gasteiger partial charge in [-0.05, 0) is 47.0 Å². The Labute approximate surface area is 126 Å². The molecule has 1 unspecified atom stereocenters. The van der Waals surface area contributed by atoms with Crippen molar-refractivity contribution in [3.8, 4) is 0 Å². The summed E-state index contributed by atoms with van der Waals surface area (Å²) in [6.45, 7) is 4.81. The molecule has 2 aromatic rings. The molecule has 0 aliphatic carbocycles. The third-order valence-corrected chi connectivity index (χ3v) is 4.21. The third kappa shape index (κ3) is 2.69. The van der Waals surface area contributed by atoms with Crippen molar-refractivity contribution in [2.24, 2.45) is 5.84 Å². The molecular formula is C13H16BrClN4. The molecule has 0 spiro atoms. The Morgan fingerprint density at radius 3 is 2.89 bits per heavy atom. The minimum Gasteiger partial charge on any atom is -0.271 e. The molecule has 0 aliphatic rings. The van der Waals surface area contributed by atoms with E-state index in [-0.39, 0.29) is 6.04 Å². The van der Waals surface area contributed by atoms with Crippen molar-refractivity contribution < 1.29 is 0 Å². The molecule has 1 aromatic carbocycles. The first-order valence-corrected chi connectivity index (χ1v) is 7.19. The van der Waals surface area contributed by atoms with Gasteiger partial charge in [-0.3, -0.25) is 10.5 Å². The van der Waals surface area contributed by atoms with Crippen LogP contribution in [0.4, 0.5) is 0 Å². The highest BCUT2D eigenvalue weighted by Crippen LogP contribution is 2.32. The molecule has 6 heteroatoms. The molecule has 0 saturated heterocycles. The Kier molecular flexibility index (Phi) is 4.62. The van der Waals surface area contributed by atoms with E-state index >= 15 is 0 Å². The predicted molar refractivity (Wildman–Crippen MR) is 81.0 cm³/mol. The van der Waals surface area contributed by atoms with Gasteiger partial charge in [0, 0.05) is 11.6 Å². The fourth-order valence-electron chi connectivity index (χ4n) is 2.16. The van der Waals surface area contributed by atoms with Crippen molar-refractivity contribution in [2.75, 3.05) is 0 Å². The topological polar surface area (TPSA) is 55.9 Å². The normalized spacial score (nSPS) is 12.7. The zero-order valence-corrected chi connectivity index (χ0v) is 13.2. The maximum absolute atomic E-state index is 6.19. The molecule has 1 heterocycles. The van der Waals surface area contributed by atoms with Crippen LogP contribution in [0.5, 0.6) is 0 Å². The van der Waals surface area contributed by atoms with Gasteiger partial charge < -0.3 is 0 Å². The van der Waals surface area contributed by atoms with Gasteiger partial charge in [0.15, 0.2) is 0 Å². The van der Waals surface area contributed by atoms with Gasteiger partial charge in [-0.1, -0.05) is 23.7 Å². The molecule has 1 atom stereocenters. The summed E-state index contributed by atoms with van der Waals surface area (Å²) in [5, 5.41) is 5.05. The number of halogens is 2. The quantitative estimate of drug-likeness (QED) is 0.662. The van der Waals surface area contributed by atoms with Crippen LogP contribution in [-0.4, -0.2) is 9.78 Å². The van der Waals surface area contributed by atoms with Crippen LogP contribution in [0.25, 0.3) is 0 Å². The zero-order valence-electron chi connectivity index (χ0n) is 10.8. The van der Waals surface area contributed by atoms with E-state index in [1.807, 2.05) is 36.7 Å². The van der Waals surface area contributed by atoms with Gasteiger partial charge in [-0.25, -0.2) is 5.43 Å². The summed E-state index contributed by atoms with van der Waals surface area (Å²) in [4.78, 5) is 0. The lowest BCUT2D eigenvalue weighted by molar-refractivity contribution is 0.540. The monoisotopic (exact) mass is 342 g/mol. The summed E-state index contributed by atoms with van der Waals surface area (Å²) >= 11 is 9.71. The van der Waals surface area contributed by atoms with Gasteiger partial charge in [-0.15, -0.1) is 0 Å². The van der Waals surface area contributed by atoms with E-state index in [1.165, 1.54) is 0 Å². The lowest BCUT2D eigenvalue weighted by Crippen LogP contribution is -2.31. The van der Waals surface area contributed by atoms with Gasteiger partial charge in [0.05, 0.1) is 22.4 Å². The van der Waals surface area contributed by atoms with Crippen LogP contribution >= 0.6 is 27.5 Å². The van der Waals surface area contributed by atoms with E-state index in [9.17, 15) is 0 Å². The van der Waals surface area contributed by atoms with Crippen LogP contribution in [0.2, 0.25) is 5.02 Å². The SMILES string of the molecule is CCn1ncc(Br)c1C(NN)c1cccc(Cl)c1C. The number of hydrogen-bond acceptors (Lipinski definition) is 3. The highest BCUT2D eigenvalue weighted by atomic mass is 79.9. The van der Waals surface area contributed by atoms with Crippen LogP contribution in [-0.2, 0) is 6.54 Å². The minimum atomic E-state index is -0.157.